The number of carbonyl (C=O) groups is 1. The summed E-state index contributed by atoms with van der Waals surface area (Å²) in [5.41, 5.74) is 0.773. The zero-order valence-corrected chi connectivity index (χ0v) is 11.0. The van der Waals surface area contributed by atoms with Gasteiger partial charge in [-0.2, -0.15) is 0 Å². The van der Waals surface area contributed by atoms with Gasteiger partial charge in [-0.25, -0.2) is 0 Å². The van der Waals surface area contributed by atoms with E-state index in [-0.39, 0.29) is 12.2 Å². The Morgan fingerprint density at radius 1 is 1.05 bits per heavy atom. The summed E-state index contributed by atoms with van der Waals surface area (Å²) in [6, 6.07) is 9.48. The zero-order chi connectivity index (χ0) is 13.1. The van der Waals surface area contributed by atoms with Crippen molar-refractivity contribution in [3.8, 4) is 0 Å². The molecule has 0 radical (unpaired) electrons. The molecule has 1 amide bonds. The molecule has 4 heteroatoms. The van der Waals surface area contributed by atoms with Gasteiger partial charge in [0, 0.05) is 24.6 Å². The number of piperidine rings is 1. The van der Waals surface area contributed by atoms with E-state index < -0.39 is 0 Å². The minimum Gasteiger partial charge on any atom is -0.350 e. The van der Waals surface area contributed by atoms with Crippen LogP contribution in [0, 0.1) is 5.92 Å². The van der Waals surface area contributed by atoms with Gasteiger partial charge in [-0.15, -0.1) is 0 Å². The van der Waals surface area contributed by atoms with Gasteiger partial charge in [-0.3, -0.25) is 4.79 Å². The van der Waals surface area contributed by atoms with Gasteiger partial charge >= 0.3 is 0 Å². The van der Waals surface area contributed by atoms with Gasteiger partial charge < -0.3 is 14.4 Å². The van der Waals surface area contributed by atoms with Crippen LogP contribution in [0.25, 0.3) is 0 Å². The summed E-state index contributed by atoms with van der Waals surface area (Å²) in [5, 5.41) is 0. The third-order valence-electron chi connectivity index (χ3n) is 3.88. The summed E-state index contributed by atoms with van der Waals surface area (Å²) >= 11 is 0. The van der Waals surface area contributed by atoms with Crippen LogP contribution in [0.15, 0.2) is 30.3 Å². The predicted octanol–water partition coefficient (Wildman–Crippen LogP) is 1.91. The molecular formula is C15H19NO3. The van der Waals surface area contributed by atoms with Crippen molar-refractivity contribution in [2.75, 3.05) is 26.3 Å². The number of carbonyl (C=O) groups excluding carboxylic acids is 1. The van der Waals surface area contributed by atoms with Crippen molar-refractivity contribution in [1.29, 1.82) is 0 Å². The van der Waals surface area contributed by atoms with Crippen molar-refractivity contribution in [3.63, 3.8) is 0 Å². The summed E-state index contributed by atoms with van der Waals surface area (Å²) in [6.45, 7) is 2.99. The highest BCUT2D eigenvalue weighted by Gasteiger charge is 2.31. The molecule has 2 aliphatic rings. The minimum atomic E-state index is -0.0472. The molecule has 2 aliphatic heterocycles. The fourth-order valence-corrected chi connectivity index (χ4v) is 2.79. The number of likely N-dealkylation sites (tertiary alicyclic amines) is 1. The van der Waals surface area contributed by atoms with Crippen LogP contribution in [-0.2, 0) is 9.47 Å². The molecule has 0 bridgehead atoms. The highest BCUT2D eigenvalue weighted by molar-refractivity contribution is 5.94. The van der Waals surface area contributed by atoms with Crippen molar-refractivity contribution in [3.05, 3.63) is 35.9 Å². The number of hydrogen-bond donors (Lipinski definition) is 0. The van der Waals surface area contributed by atoms with Gasteiger partial charge in [0.15, 0.2) is 6.29 Å². The van der Waals surface area contributed by atoms with Crippen LogP contribution in [0.2, 0.25) is 0 Å². The Kier molecular flexibility index (Phi) is 3.80. The van der Waals surface area contributed by atoms with Crippen LogP contribution >= 0.6 is 0 Å². The average Bonchev–Trinajstić information content (AvgIpc) is 3.02. The van der Waals surface area contributed by atoms with Crippen LogP contribution in [0.1, 0.15) is 23.2 Å². The normalized spacial score (nSPS) is 21.8. The van der Waals surface area contributed by atoms with Crippen molar-refractivity contribution in [2.45, 2.75) is 19.1 Å². The van der Waals surface area contributed by atoms with E-state index in [0.717, 1.165) is 31.5 Å². The lowest BCUT2D eigenvalue weighted by Gasteiger charge is -2.33. The Morgan fingerprint density at radius 3 is 2.32 bits per heavy atom. The molecule has 19 heavy (non-hydrogen) atoms. The molecule has 1 aromatic carbocycles. The van der Waals surface area contributed by atoms with Crippen molar-refractivity contribution >= 4 is 5.91 Å². The number of nitrogens with zero attached hydrogens (tertiary/aromatic N) is 1. The average molecular weight is 261 g/mol. The highest BCUT2D eigenvalue weighted by Crippen LogP contribution is 2.26. The van der Waals surface area contributed by atoms with Crippen molar-refractivity contribution in [1.82, 2.24) is 4.90 Å². The van der Waals surface area contributed by atoms with Crippen LogP contribution in [-0.4, -0.2) is 43.4 Å². The molecule has 0 atom stereocenters. The summed E-state index contributed by atoms with van der Waals surface area (Å²) in [7, 11) is 0. The first-order chi connectivity index (χ1) is 9.34. The topological polar surface area (TPSA) is 38.8 Å². The van der Waals surface area contributed by atoms with Crippen LogP contribution in [0.5, 0.6) is 0 Å². The van der Waals surface area contributed by atoms with Gasteiger partial charge in [-0.05, 0) is 25.0 Å². The Balaban J connectivity index is 1.56. The van der Waals surface area contributed by atoms with E-state index in [1.54, 1.807) is 0 Å². The maximum Gasteiger partial charge on any atom is 0.253 e. The van der Waals surface area contributed by atoms with Gasteiger partial charge in [0.05, 0.1) is 13.2 Å². The van der Waals surface area contributed by atoms with Crippen molar-refractivity contribution in [2.24, 2.45) is 5.92 Å². The van der Waals surface area contributed by atoms with Gasteiger partial charge in [-0.1, -0.05) is 18.2 Å². The number of benzene rings is 1. The Labute approximate surface area is 113 Å². The van der Waals surface area contributed by atoms with Crippen LogP contribution in [0.3, 0.4) is 0 Å². The monoisotopic (exact) mass is 261 g/mol. The number of hydrogen-bond acceptors (Lipinski definition) is 3. The van der Waals surface area contributed by atoms with E-state index in [9.17, 15) is 4.79 Å². The molecule has 4 nitrogen and oxygen atoms in total. The van der Waals surface area contributed by atoms with E-state index in [4.69, 9.17) is 9.47 Å². The van der Waals surface area contributed by atoms with Crippen LogP contribution in [0.4, 0.5) is 0 Å². The second kappa shape index (κ2) is 5.72. The first-order valence-electron chi connectivity index (χ1n) is 6.92. The van der Waals surface area contributed by atoms with Crippen molar-refractivity contribution < 1.29 is 14.3 Å². The van der Waals surface area contributed by atoms with Gasteiger partial charge in [0.2, 0.25) is 0 Å². The predicted molar refractivity (Wildman–Crippen MR) is 70.8 cm³/mol. The molecule has 2 heterocycles. The quantitative estimate of drug-likeness (QED) is 0.816. The van der Waals surface area contributed by atoms with E-state index in [2.05, 4.69) is 0 Å². The maximum absolute atomic E-state index is 12.3. The Hall–Kier alpha value is -1.39. The molecule has 1 aromatic rings. The molecule has 2 saturated heterocycles. The minimum absolute atomic E-state index is 0.0472. The molecule has 0 spiro atoms. The number of amides is 1. The van der Waals surface area contributed by atoms with E-state index in [1.165, 1.54) is 0 Å². The summed E-state index contributed by atoms with van der Waals surface area (Å²) in [5.74, 6) is 0.564. The molecule has 0 N–H and O–H groups in total. The molecule has 0 aliphatic carbocycles. The lowest BCUT2D eigenvalue weighted by atomic mass is 9.95. The molecule has 0 aromatic heterocycles. The highest BCUT2D eigenvalue weighted by atomic mass is 16.7. The number of rotatable bonds is 2. The lowest BCUT2D eigenvalue weighted by molar-refractivity contribution is -0.0956. The third kappa shape index (κ3) is 2.80. The molecule has 3 rings (SSSR count). The molecule has 102 valence electrons. The second-order valence-electron chi connectivity index (χ2n) is 5.11. The molecule has 0 saturated carbocycles. The largest absolute Gasteiger partial charge is 0.350 e. The Morgan fingerprint density at radius 2 is 1.68 bits per heavy atom. The summed E-state index contributed by atoms with van der Waals surface area (Å²) in [4.78, 5) is 14.2. The first-order valence-corrected chi connectivity index (χ1v) is 6.92. The molecule has 2 fully saturated rings. The lowest BCUT2D eigenvalue weighted by Crippen LogP contribution is -2.41. The zero-order valence-electron chi connectivity index (χ0n) is 11.0. The van der Waals surface area contributed by atoms with E-state index in [0.29, 0.717) is 19.1 Å². The smallest absolute Gasteiger partial charge is 0.253 e. The van der Waals surface area contributed by atoms with Crippen LogP contribution < -0.4 is 0 Å². The fourth-order valence-electron chi connectivity index (χ4n) is 2.79. The molecule has 0 unspecified atom stereocenters. The SMILES string of the molecule is O=C(c1ccccc1)N1CCC(C2OCCO2)CC1. The Bertz CT molecular complexity index is 420. The maximum atomic E-state index is 12.3. The first kappa shape index (κ1) is 12.6. The standard InChI is InChI=1S/C15H19NO3/c17-14(12-4-2-1-3-5-12)16-8-6-13(7-9-16)15-18-10-11-19-15/h1-5,13,15H,6-11H2. The number of ether oxygens (including phenoxy) is 2. The third-order valence-corrected chi connectivity index (χ3v) is 3.88. The second-order valence-corrected chi connectivity index (χ2v) is 5.11. The van der Waals surface area contributed by atoms with Gasteiger partial charge in [0.25, 0.3) is 5.91 Å². The fraction of sp³-hybridized carbons (Fsp3) is 0.533. The summed E-state index contributed by atoms with van der Waals surface area (Å²) < 4.78 is 11.1. The summed E-state index contributed by atoms with van der Waals surface area (Å²) in [6.07, 6.45) is 1.88. The van der Waals surface area contributed by atoms with Gasteiger partial charge in [0.1, 0.15) is 0 Å². The molecular weight excluding hydrogens is 242 g/mol. The van der Waals surface area contributed by atoms with E-state index in [1.807, 2.05) is 35.2 Å². The van der Waals surface area contributed by atoms with E-state index >= 15 is 0 Å².